The molecule has 0 heterocycles. The van der Waals surface area contributed by atoms with Gasteiger partial charge in [0.05, 0.1) is 15.7 Å². The first kappa shape index (κ1) is 12.2. The number of nitrogens with two attached hydrogens (primary N) is 2. The zero-order valence-corrected chi connectivity index (χ0v) is 9.89. The van der Waals surface area contributed by atoms with Crippen LogP contribution < -0.4 is 16.6 Å². The van der Waals surface area contributed by atoms with Crippen molar-refractivity contribution >= 4 is 28.9 Å². The Morgan fingerprint density at radius 1 is 1.40 bits per heavy atom. The third-order valence-corrected chi connectivity index (χ3v) is 2.65. The van der Waals surface area contributed by atoms with Crippen molar-refractivity contribution in [2.24, 2.45) is 11.6 Å². The van der Waals surface area contributed by atoms with Crippen molar-refractivity contribution in [3.8, 4) is 0 Å². The summed E-state index contributed by atoms with van der Waals surface area (Å²) in [4.78, 5) is 0. The van der Waals surface area contributed by atoms with Crippen LogP contribution in [0.2, 0.25) is 10.0 Å². The molecule has 0 saturated carbocycles. The standard InChI is InChI=1S/C10H13Cl2N3/c1-2-7(13)6-15(14)8-3-4-9(11)10(12)5-8/h3-6H,2,13-14H2,1H3/b7-6-. The summed E-state index contributed by atoms with van der Waals surface area (Å²) in [5.41, 5.74) is 7.09. The first-order valence-electron chi connectivity index (χ1n) is 4.49. The fraction of sp³-hybridized carbons (Fsp3) is 0.200. The molecule has 0 aliphatic rings. The summed E-state index contributed by atoms with van der Waals surface area (Å²) in [6.45, 7) is 1.95. The molecule has 0 amide bonds. The van der Waals surface area contributed by atoms with Gasteiger partial charge in [0.25, 0.3) is 0 Å². The van der Waals surface area contributed by atoms with Crippen LogP contribution in [0.25, 0.3) is 0 Å². The number of hydrogen-bond donors (Lipinski definition) is 2. The largest absolute Gasteiger partial charge is 0.401 e. The van der Waals surface area contributed by atoms with E-state index in [2.05, 4.69) is 0 Å². The third-order valence-electron chi connectivity index (χ3n) is 1.91. The molecule has 0 radical (unpaired) electrons. The number of benzene rings is 1. The highest BCUT2D eigenvalue weighted by Gasteiger charge is 2.02. The van der Waals surface area contributed by atoms with Crippen LogP contribution in [0.5, 0.6) is 0 Å². The molecule has 0 bridgehead atoms. The first-order chi connectivity index (χ1) is 7.04. The second-order valence-electron chi connectivity index (χ2n) is 3.06. The Labute approximate surface area is 99.2 Å². The van der Waals surface area contributed by atoms with Gasteiger partial charge >= 0.3 is 0 Å². The normalized spacial score (nSPS) is 11.6. The summed E-state index contributed by atoms with van der Waals surface area (Å²) >= 11 is 11.6. The number of halogens is 2. The monoisotopic (exact) mass is 245 g/mol. The molecule has 0 fully saturated rings. The Morgan fingerprint density at radius 2 is 2.07 bits per heavy atom. The average Bonchev–Trinajstić information content (AvgIpc) is 2.21. The van der Waals surface area contributed by atoms with Gasteiger partial charge in [-0.1, -0.05) is 30.1 Å². The van der Waals surface area contributed by atoms with Crippen LogP contribution in [0.4, 0.5) is 5.69 Å². The minimum absolute atomic E-state index is 0.466. The van der Waals surface area contributed by atoms with E-state index < -0.39 is 0 Å². The van der Waals surface area contributed by atoms with Crippen molar-refractivity contribution in [3.63, 3.8) is 0 Å². The first-order valence-corrected chi connectivity index (χ1v) is 5.25. The number of hydrogen-bond acceptors (Lipinski definition) is 3. The van der Waals surface area contributed by atoms with E-state index in [0.717, 1.165) is 12.1 Å². The summed E-state index contributed by atoms with van der Waals surface area (Å²) in [6, 6.07) is 5.14. The topological polar surface area (TPSA) is 55.3 Å². The zero-order valence-electron chi connectivity index (χ0n) is 8.37. The number of hydrazine groups is 1. The maximum Gasteiger partial charge on any atom is 0.0613 e. The Bertz CT molecular complexity index is 377. The second-order valence-corrected chi connectivity index (χ2v) is 3.88. The van der Waals surface area contributed by atoms with E-state index in [4.69, 9.17) is 34.8 Å². The van der Waals surface area contributed by atoms with Gasteiger partial charge in [-0.2, -0.15) is 0 Å². The van der Waals surface area contributed by atoms with Crippen LogP contribution >= 0.6 is 23.2 Å². The predicted octanol–water partition coefficient (Wildman–Crippen LogP) is 2.88. The molecule has 0 aliphatic heterocycles. The Kier molecular flexibility index (Phi) is 4.27. The van der Waals surface area contributed by atoms with E-state index >= 15 is 0 Å². The van der Waals surface area contributed by atoms with E-state index in [0.29, 0.717) is 15.7 Å². The average molecular weight is 246 g/mol. The quantitative estimate of drug-likeness (QED) is 0.636. The van der Waals surface area contributed by atoms with Gasteiger partial charge in [-0.25, -0.2) is 5.84 Å². The Hall–Kier alpha value is -0.900. The summed E-state index contributed by atoms with van der Waals surface area (Å²) in [5, 5.41) is 2.38. The summed E-state index contributed by atoms with van der Waals surface area (Å²) in [7, 11) is 0. The minimum Gasteiger partial charge on any atom is -0.401 e. The van der Waals surface area contributed by atoms with Gasteiger partial charge in [0, 0.05) is 11.9 Å². The van der Waals surface area contributed by atoms with E-state index in [9.17, 15) is 0 Å². The van der Waals surface area contributed by atoms with Gasteiger partial charge in [0.15, 0.2) is 0 Å². The molecule has 1 aromatic rings. The summed E-state index contributed by atoms with van der Waals surface area (Å²) in [6.07, 6.45) is 2.40. The fourth-order valence-corrected chi connectivity index (χ4v) is 1.28. The minimum atomic E-state index is 0.466. The second kappa shape index (κ2) is 5.26. The van der Waals surface area contributed by atoms with E-state index in [1.54, 1.807) is 24.4 Å². The highest BCUT2D eigenvalue weighted by molar-refractivity contribution is 6.42. The molecule has 3 nitrogen and oxygen atoms in total. The lowest BCUT2D eigenvalue weighted by atomic mass is 10.3. The molecular weight excluding hydrogens is 233 g/mol. The van der Waals surface area contributed by atoms with Crippen molar-refractivity contribution in [1.82, 2.24) is 0 Å². The molecule has 0 aromatic heterocycles. The molecule has 15 heavy (non-hydrogen) atoms. The highest BCUT2D eigenvalue weighted by Crippen LogP contribution is 2.26. The van der Waals surface area contributed by atoms with E-state index in [-0.39, 0.29) is 0 Å². The Balaban J connectivity index is 2.92. The van der Waals surface area contributed by atoms with Crippen LogP contribution in [0.1, 0.15) is 13.3 Å². The molecule has 1 rings (SSSR count). The van der Waals surface area contributed by atoms with E-state index in [1.165, 1.54) is 5.01 Å². The molecular formula is C10H13Cl2N3. The van der Waals surface area contributed by atoms with Crippen LogP contribution in [0.3, 0.4) is 0 Å². The fourth-order valence-electron chi connectivity index (χ4n) is 0.990. The molecule has 4 N–H and O–H groups in total. The molecule has 0 unspecified atom stereocenters. The molecule has 0 aliphatic carbocycles. The lowest BCUT2D eigenvalue weighted by Crippen LogP contribution is -2.25. The van der Waals surface area contributed by atoms with Crippen LogP contribution in [-0.2, 0) is 0 Å². The number of allylic oxidation sites excluding steroid dienone is 1. The van der Waals surface area contributed by atoms with Gasteiger partial charge in [-0.3, -0.25) is 5.01 Å². The number of anilines is 1. The van der Waals surface area contributed by atoms with Crippen LogP contribution in [-0.4, -0.2) is 0 Å². The predicted molar refractivity (Wildman–Crippen MR) is 65.7 cm³/mol. The lowest BCUT2D eigenvalue weighted by Gasteiger charge is -2.15. The highest BCUT2D eigenvalue weighted by atomic mass is 35.5. The maximum absolute atomic E-state index is 5.86. The molecule has 82 valence electrons. The van der Waals surface area contributed by atoms with Gasteiger partial charge < -0.3 is 5.73 Å². The van der Waals surface area contributed by atoms with Crippen LogP contribution in [0, 0.1) is 0 Å². The molecule has 0 saturated heterocycles. The molecule has 0 spiro atoms. The Morgan fingerprint density at radius 3 is 2.60 bits per heavy atom. The van der Waals surface area contributed by atoms with Crippen molar-refractivity contribution in [2.45, 2.75) is 13.3 Å². The van der Waals surface area contributed by atoms with Gasteiger partial charge in [0.2, 0.25) is 0 Å². The molecule has 5 heteroatoms. The number of rotatable bonds is 3. The van der Waals surface area contributed by atoms with E-state index in [1.807, 2.05) is 6.92 Å². The third kappa shape index (κ3) is 3.30. The van der Waals surface area contributed by atoms with Crippen molar-refractivity contribution in [1.29, 1.82) is 0 Å². The lowest BCUT2D eigenvalue weighted by molar-refractivity contribution is 0.995. The van der Waals surface area contributed by atoms with Gasteiger partial charge in [0.1, 0.15) is 0 Å². The zero-order chi connectivity index (χ0) is 11.4. The van der Waals surface area contributed by atoms with Crippen molar-refractivity contribution in [3.05, 3.63) is 40.1 Å². The van der Waals surface area contributed by atoms with Gasteiger partial charge in [-0.05, 0) is 24.6 Å². The smallest absolute Gasteiger partial charge is 0.0613 e. The molecule has 1 aromatic carbocycles. The van der Waals surface area contributed by atoms with Crippen LogP contribution in [0.15, 0.2) is 30.1 Å². The SMILES string of the molecule is CC/C(N)=C/N(N)c1ccc(Cl)c(Cl)c1. The van der Waals surface area contributed by atoms with Crippen molar-refractivity contribution in [2.75, 3.05) is 5.01 Å². The van der Waals surface area contributed by atoms with Crippen molar-refractivity contribution < 1.29 is 0 Å². The summed E-state index contributed by atoms with van der Waals surface area (Å²) in [5.74, 6) is 5.77. The van der Waals surface area contributed by atoms with Gasteiger partial charge in [-0.15, -0.1) is 0 Å². The molecule has 0 atom stereocenters. The summed E-state index contributed by atoms with van der Waals surface area (Å²) < 4.78 is 0. The number of nitrogens with zero attached hydrogens (tertiary/aromatic N) is 1. The maximum atomic E-state index is 5.86.